The average molecular weight is 259 g/mol. The molecule has 0 spiro atoms. The number of aromatic nitrogens is 2. The highest BCUT2D eigenvalue weighted by Crippen LogP contribution is 2.27. The van der Waals surface area contributed by atoms with Gasteiger partial charge in [0.05, 0.1) is 4.70 Å². The maximum atomic E-state index is 10.7. The minimum absolute atomic E-state index is 0.0151. The maximum absolute atomic E-state index is 10.7. The van der Waals surface area contributed by atoms with E-state index in [9.17, 15) is 4.79 Å². The van der Waals surface area contributed by atoms with Gasteiger partial charge in [0.2, 0.25) is 0 Å². The van der Waals surface area contributed by atoms with E-state index in [0.29, 0.717) is 5.52 Å². The summed E-state index contributed by atoms with van der Waals surface area (Å²) < 4.78 is 5.39. The molecule has 0 saturated heterocycles. The van der Waals surface area contributed by atoms with Gasteiger partial charge in [-0.3, -0.25) is 4.98 Å². The largest absolute Gasteiger partial charge is 0.476 e. The molecule has 2 aromatic rings. The van der Waals surface area contributed by atoms with Crippen LogP contribution < -0.4 is 0 Å². The minimum Gasteiger partial charge on any atom is -0.476 e. The van der Waals surface area contributed by atoms with E-state index < -0.39 is 5.97 Å². The van der Waals surface area contributed by atoms with Crippen LogP contribution in [0.1, 0.15) is 10.5 Å². The van der Waals surface area contributed by atoms with Crippen molar-refractivity contribution in [3.05, 3.63) is 22.4 Å². The van der Waals surface area contributed by atoms with Crippen LogP contribution in [0.2, 0.25) is 0 Å². The van der Waals surface area contributed by atoms with Gasteiger partial charge in [0.25, 0.3) is 0 Å². The molecule has 2 rings (SSSR count). The van der Waals surface area contributed by atoms with E-state index in [2.05, 4.69) is 25.3 Å². The Balaban J connectivity index is 2.83. The molecule has 0 unspecified atom stereocenters. The Morgan fingerprint density at radius 2 is 2.38 bits per heavy atom. The van der Waals surface area contributed by atoms with E-state index in [-0.39, 0.29) is 5.69 Å². The number of carboxylic acid groups (broad SMARTS) is 1. The molecule has 0 aliphatic carbocycles. The van der Waals surface area contributed by atoms with Gasteiger partial charge in [-0.1, -0.05) is 0 Å². The smallest absolute Gasteiger partial charge is 0.357 e. The van der Waals surface area contributed by atoms with Crippen molar-refractivity contribution in [2.45, 2.75) is 0 Å². The van der Waals surface area contributed by atoms with E-state index >= 15 is 0 Å². The molecule has 4 nitrogen and oxygen atoms in total. The van der Waals surface area contributed by atoms with Crippen LogP contribution in [0.5, 0.6) is 0 Å². The van der Waals surface area contributed by atoms with Crippen molar-refractivity contribution in [1.82, 2.24) is 9.36 Å². The summed E-state index contributed by atoms with van der Waals surface area (Å²) in [7, 11) is 0. The van der Waals surface area contributed by atoms with Gasteiger partial charge in [-0.2, -0.15) is 4.37 Å². The summed E-state index contributed by atoms with van der Waals surface area (Å²) in [6.07, 6.45) is 1.55. The van der Waals surface area contributed by atoms with Gasteiger partial charge in [-0.05, 0) is 33.5 Å². The molecule has 1 N–H and O–H groups in total. The Morgan fingerprint density at radius 3 is 3.08 bits per heavy atom. The molecule has 0 amide bonds. The molecule has 0 aliphatic heterocycles. The molecule has 0 radical (unpaired) electrons. The van der Waals surface area contributed by atoms with Crippen molar-refractivity contribution >= 4 is 43.6 Å². The van der Waals surface area contributed by atoms with Crippen LogP contribution in [0, 0.1) is 0 Å². The molecule has 2 heterocycles. The predicted molar refractivity (Wildman–Crippen MR) is 52.1 cm³/mol. The first-order valence-electron chi connectivity index (χ1n) is 3.33. The first-order valence-corrected chi connectivity index (χ1v) is 4.90. The Labute approximate surface area is 85.5 Å². The van der Waals surface area contributed by atoms with Crippen LogP contribution in [0.4, 0.5) is 0 Å². The molecule has 2 aromatic heterocycles. The summed E-state index contributed by atoms with van der Waals surface area (Å²) in [5.41, 5.74) is 0.452. The molecule has 0 aromatic carbocycles. The fourth-order valence-electron chi connectivity index (χ4n) is 0.955. The van der Waals surface area contributed by atoms with E-state index in [1.54, 1.807) is 12.3 Å². The summed E-state index contributed by atoms with van der Waals surface area (Å²) >= 11 is 4.43. The van der Waals surface area contributed by atoms with Crippen molar-refractivity contribution in [3.8, 4) is 0 Å². The molecule has 6 heteroatoms. The van der Waals surface area contributed by atoms with E-state index in [1.165, 1.54) is 0 Å². The zero-order valence-corrected chi connectivity index (χ0v) is 8.59. The Kier molecular flexibility index (Phi) is 2.01. The molecule has 66 valence electrons. The lowest BCUT2D eigenvalue weighted by Gasteiger charge is -1.90. The second-order valence-electron chi connectivity index (χ2n) is 2.31. The van der Waals surface area contributed by atoms with Gasteiger partial charge in [0.15, 0.2) is 5.69 Å². The molecular formula is C7H3BrN2O2S. The fraction of sp³-hybridized carbons (Fsp3) is 0. The summed E-state index contributed by atoms with van der Waals surface area (Å²) in [4.78, 5) is 14.6. The number of hydrogen-bond acceptors (Lipinski definition) is 4. The van der Waals surface area contributed by atoms with E-state index in [4.69, 9.17) is 5.11 Å². The van der Waals surface area contributed by atoms with Crippen LogP contribution in [0.25, 0.3) is 10.2 Å². The predicted octanol–water partition coefficient (Wildman–Crippen LogP) is 2.15. The van der Waals surface area contributed by atoms with Crippen LogP contribution >= 0.6 is 27.5 Å². The van der Waals surface area contributed by atoms with Crippen molar-refractivity contribution in [1.29, 1.82) is 0 Å². The number of rotatable bonds is 1. The van der Waals surface area contributed by atoms with Crippen LogP contribution in [0.3, 0.4) is 0 Å². The first-order chi connectivity index (χ1) is 6.20. The lowest BCUT2D eigenvalue weighted by molar-refractivity contribution is 0.0694. The quantitative estimate of drug-likeness (QED) is 0.852. The molecule has 0 bridgehead atoms. The van der Waals surface area contributed by atoms with Gasteiger partial charge in [-0.15, -0.1) is 0 Å². The van der Waals surface area contributed by atoms with E-state index in [1.807, 2.05) is 0 Å². The lowest BCUT2D eigenvalue weighted by Crippen LogP contribution is -1.97. The third-order valence-corrected chi connectivity index (χ3v) is 3.30. The highest BCUT2D eigenvalue weighted by atomic mass is 79.9. The fourth-order valence-corrected chi connectivity index (χ4v) is 2.22. The molecule has 0 saturated carbocycles. The number of nitrogens with zero attached hydrogens (tertiary/aromatic N) is 2. The van der Waals surface area contributed by atoms with Crippen LogP contribution in [-0.2, 0) is 0 Å². The zero-order chi connectivity index (χ0) is 9.42. The zero-order valence-electron chi connectivity index (χ0n) is 6.19. The minimum atomic E-state index is -1.04. The lowest BCUT2D eigenvalue weighted by atomic mass is 10.3. The highest BCUT2D eigenvalue weighted by molar-refractivity contribution is 9.10. The monoisotopic (exact) mass is 258 g/mol. The topological polar surface area (TPSA) is 63.1 Å². The Morgan fingerprint density at radius 1 is 1.62 bits per heavy atom. The van der Waals surface area contributed by atoms with Gasteiger partial charge < -0.3 is 5.11 Å². The number of aromatic carboxylic acids is 1. The SMILES string of the molecule is O=C(O)c1nsc2c(Br)ccnc12. The third kappa shape index (κ3) is 1.31. The highest BCUT2D eigenvalue weighted by Gasteiger charge is 2.15. The van der Waals surface area contributed by atoms with Gasteiger partial charge in [-0.25, -0.2) is 4.79 Å². The van der Waals surface area contributed by atoms with Crippen molar-refractivity contribution in [2.24, 2.45) is 0 Å². The third-order valence-electron chi connectivity index (χ3n) is 1.51. The van der Waals surface area contributed by atoms with E-state index in [0.717, 1.165) is 20.7 Å². The van der Waals surface area contributed by atoms with Crippen LogP contribution in [0.15, 0.2) is 16.7 Å². The van der Waals surface area contributed by atoms with Gasteiger partial charge in [0.1, 0.15) is 5.52 Å². The summed E-state index contributed by atoms with van der Waals surface area (Å²) in [5.74, 6) is -1.04. The van der Waals surface area contributed by atoms with Gasteiger partial charge >= 0.3 is 5.97 Å². The molecular weight excluding hydrogens is 256 g/mol. The number of carbonyl (C=O) groups is 1. The Bertz CT molecular complexity index is 482. The maximum Gasteiger partial charge on any atom is 0.357 e. The van der Waals surface area contributed by atoms with Crippen molar-refractivity contribution in [3.63, 3.8) is 0 Å². The molecule has 13 heavy (non-hydrogen) atoms. The normalized spacial score (nSPS) is 10.5. The van der Waals surface area contributed by atoms with Crippen LogP contribution in [-0.4, -0.2) is 20.4 Å². The summed E-state index contributed by atoms with van der Waals surface area (Å²) in [5, 5.41) is 8.75. The first kappa shape index (κ1) is 8.58. The average Bonchev–Trinajstić information content (AvgIpc) is 2.48. The Hall–Kier alpha value is -1.01. The second-order valence-corrected chi connectivity index (χ2v) is 3.93. The molecule has 0 fully saturated rings. The molecule has 0 aliphatic rings. The van der Waals surface area contributed by atoms with Crippen molar-refractivity contribution in [2.75, 3.05) is 0 Å². The van der Waals surface area contributed by atoms with Crippen molar-refractivity contribution < 1.29 is 9.90 Å². The standard InChI is InChI=1S/C7H3BrN2O2S/c8-3-1-2-9-4-5(7(11)12)10-13-6(3)4/h1-2H,(H,11,12). The second kappa shape index (κ2) is 3.04. The number of fused-ring (bicyclic) bond motifs is 1. The summed E-state index contributed by atoms with van der Waals surface area (Å²) in [6, 6.07) is 1.76. The number of hydrogen-bond donors (Lipinski definition) is 1. The molecule has 0 atom stereocenters. The van der Waals surface area contributed by atoms with Gasteiger partial charge in [0, 0.05) is 10.7 Å². The summed E-state index contributed by atoms with van der Waals surface area (Å²) in [6.45, 7) is 0. The number of pyridine rings is 1. The number of carboxylic acids is 1. The number of halogens is 1.